The van der Waals surface area contributed by atoms with Crippen LogP contribution in [0.15, 0.2) is 34.7 Å². The number of carbonyl (C=O) groups is 1. The van der Waals surface area contributed by atoms with Crippen molar-refractivity contribution < 1.29 is 23.8 Å². The molecule has 2 aromatic rings. The minimum Gasteiger partial charge on any atom is -0.497 e. The van der Waals surface area contributed by atoms with Gasteiger partial charge < -0.3 is 19.0 Å². The maximum absolute atomic E-state index is 11.2. The number of aryl methyl sites for hydroxylation is 1. The molecule has 1 aliphatic heterocycles. The van der Waals surface area contributed by atoms with Gasteiger partial charge in [-0.05, 0) is 23.8 Å². The van der Waals surface area contributed by atoms with Crippen LogP contribution in [0.4, 0.5) is 0 Å². The number of hydrogen-bond acceptors (Lipinski definition) is 5. The minimum absolute atomic E-state index is 0.00102. The molecule has 0 spiro atoms. The lowest BCUT2D eigenvalue weighted by Gasteiger charge is -2.35. The molecule has 25 heavy (non-hydrogen) atoms. The van der Waals surface area contributed by atoms with E-state index in [1.807, 2.05) is 31.2 Å². The lowest BCUT2D eigenvalue weighted by molar-refractivity contribution is -0.0129. The van der Waals surface area contributed by atoms with Crippen molar-refractivity contribution in [2.45, 2.75) is 25.9 Å². The van der Waals surface area contributed by atoms with Gasteiger partial charge in [-0.1, -0.05) is 19.1 Å². The summed E-state index contributed by atoms with van der Waals surface area (Å²) >= 11 is 0. The molecule has 134 valence electrons. The monoisotopic (exact) mass is 345 g/mol. The van der Waals surface area contributed by atoms with Gasteiger partial charge in [0.25, 0.3) is 0 Å². The van der Waals surface area contributed by atoms with E-state index < -0.39 is 5.97 Å². The predicted octanol–water partition coefficient (Wildman–Crippen LogP) is 3.12. The van der Waals surface area contributed by atoms with Crippen LogP contribution in [0.5, 0.6) is 5.75 Å². The molecule has 6 nitrogen and oxygen atoms in total. The third-order valence-electron chi connectivity index (χ3n) is 4.54. The third-order valence-corrected chi connectivity index (χ3v) is 4.54. The maximum Gasteiger partial charge on any atom is 0.371 e. The summed E-state index contributed by atoms with van der Waals surface area (Å²) < 4.78 is 16.4. The second-order valence-corrected chi connectivity index (χ2v) is 6.05. The average molecular weight is 345 g/mol. The molecule has 3 rings (SSSR count). The van der Waals surface area contributed by atoms with Crippen LogP contribution in [0.3, 0.4) is 0 Å². The lowest BCUT2D eigenvalue weighted by atomic mass is 10.0. The normalized spacial score (nSPS) is 18.2. The molecule has 0 saturated carbocycles. The Morgan fingerprint density at radius 3 is 2.76 bits per heavy atom. The predicted molar refractivity (Wildman–Crippen MR) is 92.0 cm³/mol. The highest BCUT2D eigenvalue weighted by atomic mass is 16.5. The fourth-order valence-electron chi connectivity index (χ4n) is 3.18. The Balaban J connectivity index is 1.82. The fourth-order valence-corrected chi connectivity index (χ4v) is 3.18. The van der Waals surface area contributed by atoms with E-state index >= 15 is 0 Å². The first kappa shape index (κ1) is 17.5. The van der Waals surface area contributed by atoms with E-state index in [-0.39, 0.29) is 11.8 Å². The van der Waals surface area contributed by atoms with E-state index in [0.717, 1.165) is 29.2 Å². The summed E-state index contributed by atoms with van der Waals surface area (Å²) in [6.07, 6.45) is 0.667. The van der Waals surface area contributed by atoms with Gasteiger partial charge >= 0.3 is 5.97 Å². The molecule has 1 saturated heterocycles. The summed E-state index contributed by atoms with van der Waals surface area (Å²) in [6.45, 7) is 4.66. The highest BCUT2D eigenvalue weighted by Gasteiger charge is 2.26. The van der Waals surface area contributed by atoms with E-state index in [4.69, 9.17) is 19.0 Å². The number of carboxylic acids is 1. The Bertz CT molecular complexity index is 722. The van der Waals surface area contributed by atoms with Crippen molar-refractivity contribution in [1.82, 2.24) is 4.90 Å². The van der Waals surface area contributed by atoms with Gasteiger partial charge in [-0.25, -0.2) is 4.79 Å². The number of rotatable bonds is 6. The number of morpholine rings is 1. The molecule has 6 heteroatoms. The molecule has 0 bridgehead atoms. The zero-order chi connectivity index (χ0) is 17.8. The van der Waals surface area contributed by atoms with Crippen LogP contribution >= 0.6 is 0 Å². The summed E-state index contributed by atoms with van der Waals surface area (Å²) in [7, 11) is 1.65. The van der Waals surface area contributed by atoms with Gasteiger partial charge in [-0.3, -0.25) is 4.90 Å². The molecule has 1 fully saturated rings. The lowest BCUT2D eigenvalue weighted by Crippen LogP contribution is -2.39. The van der Waals surface area contributed by atoms with Crippen LogP contribution in [0, 0.1) is 0 Å². The van der Waals surface area contributed by atoms with Gasteiger partial charge in [0.15, 0.2) is 0 Å². The second-order valence-electron chi connectivity index (χ2n) is 6.05. The molecular formula is C19H23NO5. The summed E-state index contributed by atoms with van der Waals surface area (Å²) in [5, 5.41) is 9.16. The molecule has 0 amide bonds. The minimum atomic E-state index is -1.03. The molecular weight excluding hydrogens is 322 g/mol. The fraction of sp³-hybridized carbons (Fsp3) is 0.421. The van der Waals surface area contributed by atoms with Crippen molar-refractivity contribution in [2.75, 3.05) is 26.9 Å². The standard InChI is InChI=1S/C19H23NO5/c1-3-17-14(10-18(25-17)19(21)22)11-20-8-9-24-12-16(20)13-4-6-15(23-2)7-5-13/h4-7,10,16H,3,8-9,11-12H2,1-2H3,(H,21,22). The van der Waals surface area contributed by atoms with Crippen LogP contribution in [-0.4, -0.2) is 42.8 Å². The first-order valence-corrected chi connectivity index (χ1v) is 8.43. The molecule has 0 aliphatic carbocycles. The number of carboxylic acid groups (broad SMARTS) is 1. The molecule has 1 aliphatic rings. The zero-order valence-corrected chi connectivity index (χ0v) is 14.5. The smallest absolute Gasteiger partial charge is 0.371 e. The molecule has 0 radical (unpaired) electrons. The van der Waals surface area contributed by atoms with Crippen LogP contribution < -0.4 is 4.74 Å². The van der Waals surface area contributed by atoms with Gasteiger partial charge in [-0.15, -0.1) is 0 Å². The Labute approximate surface area is 147 Å². The van der Waals surface area contributed by atoms with E-state index in [9.17, 15) is 4.79 Å². The highest BCUT2D eigenvalue weighted by molar-refractivity contribution is 5.84. The number of nitrogens with zero attached hydrogens (tertiary/aromatic N) is 1. The molecule has 1 aromatic carbocycles. The molecule has 1 N–H and O–H groups in total. The Morgan fingerprint density at radius 2 is 2.12 bits per heavy atom. The van der Waals surface area contributed by atoms with Gasteiger partial charge in [0.05, 0.1) is 26.4 Å². The molecule has 1 unspecified atom stereocenters. The van der Waals surface area contributed by atoms with Crippen molar-refractivity contribution in [3.8, 4) is 5.75 Å². The Kier molecular flexibility index (Phi) is 5.40. The van der Waals surface area contributed by atoms with Crippen molar-refractivity contribution in [1.29, 1.82) is 0 Å². The first-order chi connectivity index (χ1) is 12.1. The molecule has 2 heterocycles. The third kappa shape index (κ3) is 3.86. The number of methoxy groups -OCH3 is 1. The van der Waals surface area contributed by atoms with Crippen LogP contribution in [-0.2, 0) is 17.7 Å². The number of hydrogen-bond donors (Lipinski definition) is 1. The van der Waals surface area contributed by atoms with Crippen LogP contribution in [0.1, 0.15) is 40.4 Å². The number of ether oxygens (including phenoxy) is 2. The first-order valence-electron chi connectivity index (χ1n) is 8.43. The quantitative estimate of drug-likeness (QED) is 0.867. The summed E-state index contributed by atoms with van der Waals surface area (Å²) in [4.78, 5) is 13.5. The molecule has 1 aromatic heterocycles. The van der Waals surface area contributed by atoms with Crippen molar-refractivity contribution in [2.24, 2.45) is 0 Å². The van der Waals surface area contributed by atoms with Crippen LogP contribution in [0.2, 0.25) is 0 Å². The largest absolute Gasteiger partial charge is 0.497 e. The topological polar surface area (TPSA) is 72.1 Å². The van der Waals surface area contributed by atoms with Gasteiger partial charge in [-0.2, -0.15) is 0 Å². The summed E-state index contributed by atoms with van der Waals surface area (Å²) in [5.41, 5.74) is 2.08. The Hall–Kier alpha value is -2.31. The van der Waals surface area contributed by atoms with Gasteiger partial charge in [0.1, 0.15) is 11.5 Å². The van der Waals surface area contributed by atoms with Crippen molar-refractivity contribution in [3.05, 3.63) is 53.0 Å². The summed E-state index contributed by atoms with van der Waals surface area (Å²) in [5.74, 6) is 0.523. The second kappa shape index (κ2) is 7.72. The van der Waals surface area contributed by atoms with E-state index in [0.29, 0.717) is 26.2 Å². The SMILES string of the molecule is CCc1oc(C(=O)O)cc1CN1CCOCC1c1ccc(OC)cc1. The zero-order valence-electron chi connectivity index (χ0n) is 14.5. The van der Waals surface area contributed by atoms with E-state index in [2.05, 4.69) is 4.90 Å². The molecule has 1 atom stereocenters. The summed E-state index contributed by atoms with van der Waals surface area (Å²) in [6, 6.07) is 9.74. The average Bonchev–Trinajstić information content (AvgIpc) is 3.05. The highest BCUT2D eigenvalue weighted by Crippen LogP contribution is 2.29. The van der Waals surface area contributed by atoms with Crippen molar-refractivity contribution >= 4 is 5.97 Å². The van der Waals surface area contributed by atoms with Crippen LogP contribution in [0.25, 0.3) is 0 Å². The number of aromatic carboxylic acids is 1. The van der Waals surface area contributed by atoms with E-state index in [1.54, 1.807) is 13.2 Å². The number of benzene rings is 1. The van der Waals surface area contributed by atoms with E-state index in [1.165, 1.54) is 0 Å². The van der Waals surface area contributed by atoms with Gasteiger partial charge in [0, 0.05) is 25.1 Å². The number of furan rings is 1. The van der Waals surface area contributed by atoms with Crippen molar-refractivity contribution in [3.63, 3.8) is 0 Å². The van der Waals surface area contributed by atoms with Gasteiger partial charge in [0.2, 0.25) is 5.76 Å². The Morgan fingerprint density at radius 1 is 1.36 bits per heavy atom. The maximum atomic E-state index is 11.2.